The van der Waals surface area contributed by atoms with E-state index in [1.807, 2.05) is 37.5 Å². The summed E-state index contributed by atoms with van der Waals surface area (Å²) in [6.07, 6.45) is 3.80. The number of nitrogens with one attached hydrogen (secondary N) is 1. The zero-order chi connectivity index (χ0) is 15.5. The summed E-state index contributed by atoms with van der Waals surface area (Å²) in [5.41, 5.74) is 3.83. The van der Waals surface area contributed by atoms with Gasteiger partial charge in [0.1, 0.15) is 0 Å². The number of benzene rings is 1. The molecule has 0 amide bonds. The Morgan fingerprint density at radius 2 is 2.14 bits per heavy atom. The first-order chi connectivity index (χ1) is 10.7. The normalized spacial score (nSPS) is 12.5. The molecule has 5 nitrogen and oxygen atoms in total. The quantitative estimate of drug-likeness (QED) is 0.760. The van der Waals surface area contributed by atoms with Gasteiger partial charge in [-0.15, -0.1) is 0 Å². The van der Waals surface area contributed by atoms with Gasteiger partial charge in [0, 0.05) is 42.1 Å². The van der Waals surface area contributed by atoms with Crippen molar-refractivity contribution in [3.63, 3.8) is 0 Å². The van der Waals surface area contributed by atoms with Crippen molar-refractivity contribution in [1.82, 2.24) is 14.8 Å². The monoisotopic (exact) mass is 296 g/mol. The highest BCUT2D eigenvalue weighted by Gasteiger charge is 2.11. The van der Waals surface area contributed by atoms with Crippen LogP contribution in [0.4, 0.5) is 5.69 Å². The maximum Gasteiger partial charge on any atom is 0.0992 e. The number of para-hydroxylation sites is 1. The molecule has 2 aromatic heterocycles. The lowest BCUT2D eigenvalue weighted by atomic mass is 10.1. The summed E-state index contributed by atoms with van der Waals surface area (Å²) in [4.78, 5) is 4.63. The number of fused-ring (bicyclic) bond motifs is 1. The second-order valence-corrected chi connectivity index (χ2v) is 5.38. The minimum atomic E-state index is -0.592. The first kappa shape index (κ1) is 14.5. The average molecular weight is 296 g/mol. The smallest absolute Gasteiger partial charge is 0.0992 e. The van der Waals surface area contributed by atoms with E-state index >= 15 is 0 Å². The molecular weight excluding hydrogens is 276 g/mol. The molecule has 5 heteroatoms. The van der Waals surface area contributed by atoms with Crippen molar-refractivity contribution in [3.05, 3.63) is 54.0 Å². The second kappa shape index (κ2) is 6.15. The maximum atomic E-state index is 10.3. The van der Waals surface area contributed by atoms with Crippen LogP contribution in [0.1, 0.15) is 24.3 Å². The number of hydrogen-bond donors (Lipinski definition) is 2. The number of aliphatic hydroxyl groups excluding tert-OH is 1. The van der Waals surface area contributed by atoms with E-state index in [0.717, 1.165) is 34.3 Å². The zero-order valence-electron chi connectivity index (χ0n) is 12.8. The van der Waals surface area contributed by atoms with Gasteiger partial charge in [0.15, 0.2) is 0 Å². The molecule has 114 valence electrons. The molecule has 1 aromatic carbocycles. The third kappa shape index (κ3) is 2.94. The SMILES string of the molecule is CCc1cc(NCC(O)c2cnn(C)c2)c2ccccc2n1. The molecule has 22 heavy (non-hydrogen) atoms. The lowest BCUT2D eigenvalue weighted by molar-refractivity contribution is 0.191. The highest BCUT2D eigenvalue weighted by molar-refractivity contribution is 5.91. The predicted octanol–water partition coefficient (Wildman–Crippen LogP) is 2.68. The molecule has 3 rings (SSSR count). The molecule has 0 aliphatic carbocycles. The minimum Gasteiger partial charge on any atom is -0.386 e. The molecule has 1 atom stereocenters. The van der Waals surface area contributed by atoms with Crippen LogP contribution in [-0.4, -0.2) is 26.4 Å². The molecule has 3 aromatic rings. The van der Waals surface area contributed by atoms with E-state index in [0.29, 0.717) is 6.54 Å². The van der Waals surface area contributed by atoms with Gasteiger partial charge in [0.25, 0.3) is 0 Å². The van der Waals surface area contributed by atoms with Gasteiger partial charge in [0.05, 0.1) is 17.8 Å². The molecule has 0 fully saturated rings. The van der Waals surface area contributed by atoms with Gasteiger partial charge in [-0.1, -0.05) is 25.1 Å². The van der Waals surface area contributed by atoms with Crippen LogP contribution >= 0.6 is 0 Å². The molecule has 0 spiro atoms. The Bertz CT molecular complexity index is 781. The van der Waals surface area contributed by atoms with Crippen LogP contribution in [0.2, 0.25) is 0 Å². The van der Waals surface area contributed by atoms with Crippen LogP contribution in [0.3, 0.4) is 0 Å². The molecule has 0 bridgehead atoms. The van der Waals surface area contributed by atoms with E-state index in [2.05, 4.69) is 28.4 Å². The third-order valence-electron chi connectivity index (χ3n) is 3.73. The van der Waals surface area contributed by atoms with E-state index in [4.69, 9.17) is 0 Å². The summed E-state index contributed by atoms with van der Waals surface area (Å²) >= 11 is 0. The van der Waals surface area contributed by atoms with E-state index in [-0.39, 0.29) is 0 Å². The molecule has 0 saturated carbocycles. The van der Waals surface area contributed by atoms with E-state index in [1.54, 1.807) is 10.9 Å². The molecule has 2 N–H and O–H groups in total. The number of aryl methyl sites for hydroxylation is 2. The Balaban J connectivity index is 1.83. The Labute approximate surface area is 129 Å². The number of aliphatic hydroxyl groups is 1. The van der Waals surface area contributed by atoms with Crippen LogP contribution in [0.15, 0.2) is 42.7 Å². The van der Waals surface area contributed by atoms with Crippen LogP contribution < -0.4 is 5.32 Å². The summed E-state index contributed by atoms with van der Waals surface area (Å²) in [5, 5.41) is 18.8. The first-order valence-corrected chi connectivity index (χ1v) is 7.46. The lowest BCUT2D eigenvalue weighted by Gasteiger charge is -2.14. The van der Waals surface area contributed by atoms with Crippen molar-refractivity contribution in [3.8, 4) is 0 Å². The summed E-state index contributed by atoms with van der Waals surface area (Å²) in [6, 6.07) is 10.1. The van der Waals surface area contributed by atoms with Crippen molar-refractivity contribution >= 4 is 16.6 Å². The molecular formula is C17H20N4O. The van der Waals surface area contributed by atoms with Crippen LogP contribution in [0.5, 0.6) is 0 Å². The molecule has 0 saturated heterocycles. The van der Waals surface area contributed by atoms with E-state index in [1.165, 1.54) is 0 Å². The lowest BCUT2D eigenvalue weighted by Crippen LogP contribution is -2.12. The third-order valence-corrected chi connectivity index (χ3v) is 3.73. The summed E-state index contributed by atoms with van der Waals surface area (Å²) < 4.78 is 1.69. The van der Waals surface area contributed by atoms with Crippen molar-refractivity contribution in [2.45, 2.75) is 19.4 Å². The van der Waals surface area contributed by atoms with Crippen molar-refractivity contribution in [2.75, 3.05) is 11.9 Å². The Kier molecular flexibility index (Phi) is 4.06. The van der Waals surface area contributed by atoms with Gasteiger partial charge in [-0.2, -0.15) is 5.10 Å². The standard InChI is InChI=1S/C17H20N4O/c1-3-13-8-16(14-6-4-5-7-15(14)20-13)18-10-17(22)12-9-19-21(2)11-12/h4-9,11,17,22H,3,10H2,1-2H3,(H,18,20). The van der Waals surface area contributed by atoms with E-state index in [9.17, 15) is 5.11 Å². The fourth-order valence-corrected chi connectivity index (χ4v) is 2.49. The molecule has 0 aliphatic heterocycles. The highest BCUT2D eigenvalue weighted by atomic mass is 16.3. The Morgan fingerprint density at radius 1 is 1.32 bits per heavy atom. The zero-order valence-corrected chi connectivity index (χ0v) is 12.8. The molecule has 2 heterocycles. The van der Waals surface area contributed by atoms with E-state index < -0.39 is 6.10 Å². The summed E-state index contributed by atoms with van der Waals surface area (Å²) in [5.74, 6) is 0. The minimum absolute atomic E-state index is 0.433. The van der Waals surface area contributed by atoms with Crippen LogP contribution in [-0.2, 0) is 13.5 Å². The summed E-state index contributed by atoms with van der Waals surface area (Å²) in [6.45, 7) is 2.52. The van der Waals surface area contributed by atoms with Gasteiger partial charge in [-0.3, -0.25) is 9.67 Å². The fourth-order valence-electron chi connectivity index (χ4n) is 2.49. The number of pyridine rings is 1. The number of hydrogen-bond acceptors (Lipinski definition) is 4. The van der Waals surface area contributed by atoms with Crippen molar-refractivity contribution < 1.29 is 5.11 Å². The average Bonchev–Trinajstić information content (AvgIpc) is 2.98. The fraction of sp³-hybridized carbons (Fsp3) is 0.294. The number of rotatable bonds is 5. The first-order valence-electron chi connectivity index (χ1n) is 7.46. The second-order valence-electron chi connectivity index (χ2n) is 5.38. The van der Waals surface area contributed by atoms with Crippen LogP contribution in [0.25, 0.3) is 10.9 Å². The Morgan fingerprint density at radius 3 is 2.86 bits per heavy atom. The summed E-state index contributed by atoms with van der Waals surface area (Å²) in [7, 11) is 1.84. The number of aromatic nitrogens is 3. The largest absolute Gasteiger partial charge is 0.386 e. The van der Waals surface area contributed by atoms with Crippen molar-refractivity contribution in [1.29, 1.82) is 0 Å². The molecule has 0 aliphatic rings. The Hall–Kier alpha value is -2.40. The topological polar surface area (TPSA) is 63.0 Å². The molecule has 1 unspecified atom stereocenters. The van der Waals surface area contributed by atoms with Crippen molar-refractivity contribution in [2.24, 2.45) is 7.05 Å². The van der Waals surface area contributed by atoms with Gasteiger partial charge in [-0.25, -0.2) is 0 Å². The van der Waals surface area contributed by atoms with Gasteiger partial charge in [-0.05, 0) is 18.6 Å². The predicted molar refractivity (Wildman–Crippen MR) is 87.8 cm³/mol. The number of nitrogens with zero attached hydrogens (tertiary/aromatic N) is 3. The highest BCUT2D eigenvalue weighted by Crippen LogP contribution is 2.24. The van der Waals surface area contributed by atoms with Gasteiger partial charge < -0.3 is 10.4 Å². The maximum absolute atomic E-state index is 10.3. The van der Waals surface area contributed by atoms with Gasteiger partial charge >= 0.3 is 0 Å². The molecule has 0 radical (unpaired) electrons. The number of anilines is 1. The van der Waals surface area contributed by atoms with Crippen LogP contribution in [0, 0.1) is 0 Å². The van der Waals surface area contributed by atoms with Gasteiger partial charge in [0.2, 0.25) is 0 Å².